The summed E-state index contributed by atoms with van der Waals surface area (Å²) in [5, 5.41) is 22.9. The van der Waals surface area contributed by atoms with Crippen LogP contribution < -0.4 is 5.32 Å². The van der Waals surface area contributed by atoms with E-state index in [0.29, 0.717) is 6.42 Å². The Morgan fingerprint density at radius 3 is 1.14 bits per heavy atom. The summed E-state index contributed by atoms with van der Waals surface area (Å²) in [5.41, 5.74) is 0. The maximum atomic E-state index is 12.4. The Morgan fingerprint density at radius 2 is 0.765 bits per heavy atom. The van der Waals surface area contributed by atoms with E-state index in [1.807, 2.05) is 6.08 Å². The largest absolute Gasteiger partial charge is 0.394 e. The van der Waals surface area contributed by atoms with Crippen molar-refractivity contribution in [2.24, 2.45) is 0 Å². The first-order valence-corrected chi connectivity index (χ1v) is 22.7. The molecule has 4 nitrogen and oxygen atoms in total. The summed E-state index contributed by atoms with van der Waals surface area (Å²) in [6.45, 7) is 4.29. The topological polar surface area (TPSA) is 69.6 Å². The van der Waals surface area contributed by atoms with Gasteiger partial charge in [-0.3, -0.25) is 4.79 Å². The second-order valence-electron chi connectivity index (χ2n) is 15.5. The lowest BCUT2D eigenvalue weighted by molar-refractivity contribution is -0.123. The van der Waals surface area contributed by atoms with Gasteiger partial charge in [-0.1, -0.05) is 211 Å². The van der Waals surface area contributed by atoms with Crippen molar-refractivity contribution in [1.82, 2.24) is 5.32 Å². The fourth-order valence-electron chi connectivity index (χ4n) is 6.84. The molecule has 0 saturated carbocycles. The quantitative estimate of drug-likeness (QED) is 0.0436. The first-order chi connectivity index (χ1) is 25.2. The molecule has 0 aromatic heterocycles. The van der Waals surface area contributed by atoms with Gasteiger partial charge in [-0.15, -0.1) is 0 Å². The van der Waals surface area contributed by atoms with Crippen LogP contribution in [0.1, 0.15) is 239 Å². The smallest absolute Gasteiger partial charge is 0.220 e. The zero-order valence-corrected chi connectivity index (χ0v) is 34.4. The highest BCUT2D eigenvalue weighted by atomic mass is 16.3. The molecular formula is C47H89NO3. The van der Waals surface area contributed by atoms with Crippen molar-refractivity contribution in [2.75, 3.05) is 6.61 Å². The van der Waals surface area contributed by atoms with Gasteiger partial charge in [-0.2, -0.15) is 0 Å². The number of rotatable bonds is 41. The predicted molar refractivity (Wildman–Crippen MR) is 225 cm³/mol. The summed E-state index contributed by atoms with van der Waals surface area (Å²) in [6, 6.07) is -0.637. The van der Waals surface area contributed by atoms with Gasteiger partial charge in [-0.25, -0.2) is 0 Å². The van der Waals surface area contributed by atoms with E-state index in [9.17, 15) is 15.0 Å². The van der Waals surface area contributed by atoms with Crippen molar-refractivity contribution >= 4 is 5.91 Å². The van der Waals surface area contributed by atoms with Gasteiger partial charge in [0.15, 0.2) is 0 Å². The minimum atomic E-state index is -0.860. The normalized spacial score (nSPS) is 13.3. The number of aliphatic hydroxyl groups is 2. The van der Waals surface area contributed by atoms with Gasteiger partial charge in [0.2, 0.25) is 5.91 Å². The Morgan fingerprint density at radius 1 is 0.451 bits per heavy atom. The van der Waals surface area contributed by atoms with Crippen LogP contribution in [0.25, 0.3) is 0 Å². The zero-order valence-electron chi connectivity index (χ0n) is 34.4. The van der Waals surface area contributed by atoms with Gasteiger partial charge < -0.3 is 15.5 Å². The van der Waals surface area contributed by atoms with Crippen LogP contribution in [0.3, 0.4) is 0 Å². The van der Waals surface area contributed by atoms with Crippen LogP contribution in [-0.2, 0) is 4.79 Å². The second kappa shape index (κ2) is 43.0. The van der Waals surface area contributed by atoms with Gasteiger partial charge in [0.05, 0.1) is 18.8 Å². The summed E-state index contributed by atoms with van der Waals surface area (Å²) < 4.78 is 0. The lowest BCUT2D eigenvalue weighted by Crippen LogP contribution is -2.45. The average molecular weight is 716 g/mol. The van der Waals surface area contributed by atoms with E-state index >= 15 is 0 Å². The van der Waals surface area contributed by atoms with E-state index in [0.717, 1.165) is 32.1 Å². The van der Waals surface area contributed by atoms with E-state index in [-0.39, 0.29) is 12.5 Å². The Balaban J connectivity index is 3.51. The van der Waals surface area contributed by atoms with Crippen molar-refractivity contribution in [2.45, 2.75) is 251 Å². The molecule has 0 rings (SSSR count). The van der Waals surface area contributed by atoms with Gasteiger partial charge >= 0.3 is 0 Å². The molecular weight excluding hydrogens is 627 g/mol. The molecule has 0 aromatic carbocycles. The highest BCUT2D eigenvalue weighted by Gasteiger charge is 2.17. The molecule has 0 aliphatic carbocycles. The molecule has 0 spiro atoms. The number of unbranched alkanes of at least 4 members (excludes halogenated alkanes) is 30. The van der Waals surface area contributed by atoms with Crippen molar-refractivity contribution < 1.29 is 15.0 Å². The van der Waals surface area contributed by atoms with Crippen LogP contribution in [0.2, 0.25) is 0 Å². The lowest BCUT2D eigenvalue weighted by atomic mass is 10.0. The van der Waals surface area contributed by atoms with Crippen molar-refractivity contribution in [1.29, 1.82) is 0 Å². The minimum absolute atomic E-state index is 0.0748. The van der Waals surface area contributed by atoms with Crippen molar-refractivity contribution in [3.8, 4) is 0 Å². The number of nitrogens with one attached hydrogen (secondary N) is 1. The molecule has 0 bridgehead atoms. The van der Waals surface area contributed by atoms with Crippen LogP contribution in [0.5, 0.6) is 0 Å². The van der Waals surface area contributed by atoms with Crippen LogP contribution in [0.4, 0.5) is 0 Å². The van der Waals surface area contributed by atoms with Gasteiger partial charge in [0.25, 0.3) is 0 Å². The molecule has 0 radical (unpaired) electrons. The molecule has 1 amide bonds. The highest BCUT2D eigenvalue weighted by Crippen LogP contribution is 2.15. The molecule has 2 atom stereocenters. The summed E-state index contributed by atoms with van der Waals surface area (Å²) >= 11 is 0. The standard InChI is InChI=1S/C47H89NO3/c1-3-5-7-9-11-13-15-17-18-19-20-21-22-23-24-25-26-27-28-29-30-31-33-35-37-39-41-43-47(51)48-45(44-49)46(50)42-40-38-36-34-32-16-14-12-10-8-6-4-2/h23-24,32,34,40,42,45-46,49-50H,3-22,25-31,33,35-39,41,43-44H2,1-2H3,(H,48,51)/b24-23-,34-32+,42-40+. The number of hydrogen-bond donors (Lipinski definition) is 3. The Bertz CT molecular complexity index is 775. The number of carbonyl (C=O) groups is 1. The molecule has 300 valence electrons. The van der Waals surface area contributed by atoms with Gasteiger partial charge in [-0.05, 0) is 57.8 Å². The second-order valence-corrected chi connectivity index (χ2v) is 15.5. The van der Waals surface area contributed by atoms with Crippen molar-refractivity contribution in [3.63, 3.8) is 0 Å². The molecule has 0 aromatic rings. The van der Waals surface area contributed by atoms with E-state index in [2.05, 4.69) is 43.5 Å². The van der Waals surface area contributed by atoms with Crippen LogP contribution in [-0.4, -0.2) is 34.9 Å². The average Bonchev–Trinajstić information content (AvgIpc) is 3.13. The maximum Gasteiger partial charge on any atom is 0.220 e. The summed E-state index contributed by atoms with van der Waals surface area (Å²) in [7, 11) is 0. The Kier molecular flexibility index (Phi) is 41.8. The molecule has 4 heteroatoms. The molecule has 0 heterocycles. The molecule has 0 aliphatic heterocycles. The van der Waals surface area contributed by atoms with Crippen LogP contribution in [0, 0.1) is 0 Å². The van der Waals surface area contributed by atoms with Crippen molar-refractivity contribution in [3.05, 3.63) is 36.5 Å². The third-order valence-electron chi connectivity index (χ3n) is 10.3. The van der Waals surface area contributed by atoms with Crippen LogP contribution >= 0.6 is 0 Å². The molecule has 3 N–H and O–H groups in total. The van der Waals surface area contributed by atoms with E-state index in [1.165, 1.54) is 186 Å². The van der Waals surface area contributed by atoms with E-state index < -0.39 is 12.1 Å². The fraction of sp³-hybridized carbons (Fsp3) is 0.851. The highest BCUT2D eigenvalue weighted by molar-refractivity contribution is 5.76. The third kappa shape index (κ3) is 39.6. The maximum absolute atomic E-state index is 12.4. The summed E-state index contributed by atoms with van der Waals surface area (Å²) in [4.78, 5) is 12.4. The van der Waals surface area contributed by atoms with E-state index in [4.69, 9.17) is 0 Å². The van der Waals surface area contributed by atoms with Gasteiger partial charge in [0.1, 0.15) is 0 Å². The fourth-order valence-corrected chi connectivity index (χ4v) is 6.84. The number of hydrogen-bond acceptors (Lipinski definition) is 3. The SMILES string of the molecule is CCCCCCCC/C=C/CC/C=C/C(O)C(CO)NC(=O)CCCCCCCCCCCCC/C=C\CCCCCCCCCCCCCC. The number of aliphatic hydroxyl groups excluding tert-OH is 2. The molecule has 2 unspecified atom stereocenters. The first-order valence-electron chi connectivity index (χ1n) is 22.7. The first kappa shape index (κ1) is 49.6. The zero-order chi connectivity index (χ0) is 37.1. The summed E-state index contributed by atoms with van der Waals surface area (Å²) in [6.07, 6.45) is 57.0. The predicted octanol–water partition coefficient (Wildman–Crippen LogP) is 14.2. The third-order valence-corrected chi connectivity index (χ3v) is 10.3. The molecule has 0 saturated heterocycles. The number of allylic oxidation sites excluding steroid dienone is 5. The lowest BCUT2D eigenvalue weighted by Gasteiger charge is -2.19. The number of carbonyl (C=O) groups excluding carboxylic acids is 1. The molecule has 0 aliphatic rings. The Hall–Kier alpha value is -1.39. The van der Waals surface area contributed by atoms with Crippen LogP contribution in [0.15, 0.2) is 36.5 Å². The summed E-state index contributed by atoms with van der Waals surface area (Å²) in [5.74, 6) is -0.0748. The number of amides is 1. The molecule has 0 fully saturated rings. The monoisotopic (exact) mass is 716 g/mol. The minimum Gasteiger partial charge on any atom is -0.394 e. The van der Waals surface area contributed by atoms with E-state index in [1.54, 1.807) is 6.08 Å². The molecule has 51 heavy (non-hydrogen) atoms. The van der Waals surface area contributed by atoms with Gasteiger partial charge in [0, 0.05) is 6.42 Å². The Labute approximate surface area is 319 Å².